The molecule has 160 valence electrons. The van der Waals surface area contributed by atoms with Crippen molar-refractivity contribution in [3.63, 3.8) is 0 Å². The summed E-state index contributed by atoms with van der Waals surface area (Å²) in [5.41, 5.74) is 1.17. The van der Waals surface area contributed by atoms with Crippen LogP contribution in [-0.2, 0) is 6.54 Å². The number of aliphatic hydroxyl groups excluding tert-OH is 1. The van der Waals surface area contributed by atoms with Crippen LogP contribution in [0.4, 0.5) is 0 Å². The van der Waals surface area contributed by atoms with Gasteiger partial charge in [-0.15, -0.1) is 0 Å². The summed E-state index contributed by atoms with van der Waals surface area (Å²) in [4.78, 5) is 4.72. The van der Waals surface area contributed by atoms with Gasteiger partial charge >= 0.3 is 0 Å². The topological polar surface area (TPSA) is 57.2 Å². The van der Waals surface area contributed by atoms with Crippen molar-refractivity contribution in [2.24, 2.45) is 0 Å². The van der Waals surface area contributed by atoms with Gasteiger partial charge in [0.2, 0.25) is 0 Å². The van der Waals surface area contributed by atoms with Crippen molar-refractivity contribution in [1.82, 2.24) is 15.1 Å². The molecule has 1 saturated heterocycles. The summed E-state index contributed by atoms with van der Waals surface area (Å²) in [6, 6.07) is 6.01. The average Bonchev–Trinajstić information content (AvgIpc) is 2.74. The van der Waals surface area contributed by atoms with Crippen LogP contribution in [0, 0.1) is 0 Å². The minimum atomic E-state index is -0.513. The third kappa shape index (κ3) is 7.95. The Morgan fingerprint density at radius 2 is 1.89 bits per heavy atom. The third-order valence-corrected chi connectivity index (χ3v) is 5.41. The summed E-state index contributed by atoms with van der Waals surface area (Å²) in [7, 11) is 1.65. The standard InChI is InChI=1S/C22H39N3O3/c1-4-24(5-2)17-20(26)18-28-21-10-9-19(15-22(21)27-3)16-23-11-14-25-12-7-6-8-13-25/h9-10,15,20,23,26H,4-8,11-14,16-18H2,1-3H3. The summed E-state index contributed by atoms with van der Waals surface area (Å²) >= 11 is 0. The highest BCUT2D eigenvalue weighted by atomic mass is 16.5. The molecule has 0 radical (unpaired) electrons. The molecular weight excluding hydrogens is 354 g/mol. The molecule has 1 unspecified atom stereocenters. The normalized spacial score (nSPS) is 16.3. The van der Waals surface area contributed by atoms with E-state index < -0.39 is 6.10 Å². The first-order valence-corrected chi connectivity index (χ1v) is 10.8. The zero-order valence-electron chi connectivity index (χ0n) is 18.0. The number of likely N-dealkylation sites (N-methyl/N-ethyl adjacent to an activating group) is 1. The average molecular weight is 394 g/mol. The minimum Gasteiger partial charge on any atom is -0.493 e. The molecule has 1 aromatic carbocycles. The molecule has 0 aliphatic carbocycles. The quantitative estimate of drug-likeness (QED) is 0.502. The van der Waals surface area contributed by atoms with E-state index in [1.807, 2.05) is 12.1 Å². The molecule has 1 aliphatic heterocycles. The number of hydrogen-bond donors (Lipinski definition) is 2. The van der Waals surface area contributed by atoms with Gasteiger partial charge in [0.1, 0.15) is 12.7 Å². The van der Waals surface area contributed by atoms with Crippen molar-refractivity contribution < 1.29 is 14.6 Å². The van der Waals surface area contributed by atoms with Crippen LogP contribution in [0.1, 0.15) is 38.7 Å². The van der Waals surface area contributed by atoms with Gasteiger partial charge in [-0.05, 0) is 56.7 Å². The van der Waals surface area contributed by atoms with Crippen LogP contribution in [0.3, 0.4) is 0 Å². The van der Waals surface area contributed by atoms with E-state index in [1.54, 1.807) is 7.11 Å². The molecule has 0 amide bonds. The molecule has 2 N–H and O–H groups in total. The molecule has 0 spiro atoms. The number of piperidine rings is 1. The van der Waals surface area contributed by atoms with E-state index in [0.717, 1.165) is 32.7 Å². The smallest absolute Gasteiger partial charge is 0.161 e. The Kier molecular flexibility index (Phi) is 10.6. The first-order chi connectivity index (χ1) is 13.7. The maximum Gasteiger partial charge on any atom is 0.161 e. The second-order valence-corrected chi connectivity index (χ2v) is 7.51. The highest BCUT2D eigenvalue weighted by Crippen LogP contribution is 2.28. The molecule has 6 nitrogen and oxygen atoms in total. The highest BCUT2D eigenvalue weighted by Gasteiger charge is 2.13. The molecule has 0 saturated carbocycles. The Hall–Kier alpha value is -1.34. The molecular formula is C22H39N3O3. The van der Waals surface area contributed by atoms with E-state index in [4.69, 9.17) is 9.47 Å². The number of benzene rings is 1. The summed E-state index contributed by atoms with van der Waals surface area (Å²) < 4.78 is 11.3. The third-order valence-electron chi connectivity index (χ3n) is 5.41. The number of nitrogens with zero attached hydrogens (tertiary/aromatic N) is 2. The lowest BCUT2D eigenvalue weighted by atomic mass is 10.1. The van der Waals surface area contributed by atoms with Crippen molar-refractivity contribution >= 4 is 0 Å². The van der Waals surface area contributed by atoms with Crippen molar-refractivity contribution in [3.8, 4) is 11.5 Å². The molecule has 28 heavy (non-hydrogen) atoms. The van der Waals surface area contributed by atoms with Gasteiger partial charge in [-0.3, -0.25) is 0 Å². The summed E-state index contributed by atoms with van der Waals surface area (Å²) in [6.45, 7) is 12.3. The fourth-order valence-corrected chi connectivity index (χ4v) is 3.61. The highest BCUT2D eigenvalue weighted by molar-refractivity contribution is 5.43. The molecule has 1 aromatic rings. The molecule has 1 heterocycles. The van der Waals surface area contributed by atoms with Gasteiger partial charge in [0.25, 0.3) is 0 Å². The molecule has 1 aliphatic rings. The van der Waals surface area contributed by atoms with E-state index in [9.17, 15) is 5.11 Å². The maximum absolute atomic E-state index is 10.2. The molecule has 1 atom stereocenters. The van der Waals surface area contributed by atoms with Crippen LogP contribution in [0.25, 0.3) is 0 Å². The van der Waals surface area contributed by atoms with E-state index >= 15 is 0 Å². The number of ether oxygens (including phenoxy) is 2. The Labute approximate surface area is 170 Å². The van der Waals surface area contributed by atoms with Crippen LogP contribution in [0.5, 0.6) is 11.5 Å². The second-order valence-electron chi connectivity index (χ2n) is 7.51. The molecule has 0 aromatic heterocycles. The van der Waals surface area contributed by atoms with Crippen molar-refractivity contribution in [2.75, 3.05) is 59.5 Å². The van der Waals surface area contributed by atoms with Crippen LogP contribution >= 0.6 is 0 Å². The van der Waals surface area contributed by atoms with Crippen molar-refractivity contribution in [1.29, 1.82) is 0 Å². The lowest BCUT2D eigenvalue weighted by Gasteiger charge is -2.26. The number of likely N-dealkylation sites (tertiary alicyclic amines) is 1. The first-order valence-electron chi connectivity index (χ1n) is 10.8. The van der Waals surface area contributed by atoms with E-state index in [0.29, 0.717) is 18.0 Å². The van der Waals surface area contributed by atoms with Gasteiger partial charge in [-0.25, -0.2) is 0 Å². The Balaban J connectivity index is 1.75. The van der Waals surface area contributed by atoms with Crippen LogP contribution in [0.15, 0.2) is 18.2 Å². The van der Waals surface area contributed by atoms with Gasteiger partial charge < -0.3 is 29.7 Å². The number of methoxy groups -OCH3 is 1. The Morgan fingerprint density at radius 1 is 1.14 bits per heavy atom. The van der Waals surface area contributed by atoms with Gasteiger partial charge in [-0.2, -0.15) is 0 Å². The van der Waals surface area contributed by atoms with Gasteiger partial charge in [0.15, 0.2) is 11.5 Å². The maximum atomic E-state index is 10.2. The predicted octanol–water partition coefficient (Wildman–Crippen LogP) is 2.35. The summed E-state index contributed by atoms with van der Waals surface area (Å²) in [6.07, 6.45) is 3.54. The zero-order valence-corrected chi connectivity index (χ0v) is 18.0. The molecule has 2 rings (SSSR count). The van der Waals surface area contributed by atoms with Gasteiger partial charge in [0, 0.05) is 26.2 Å². The largest absolute Gasteiger partial charge is 0.493 e. The molecule has 6 heteroatoms. The van der Waals surface area contributed by atoms with Gasteiger partial charge in [-0.1, -0.05) is 26.3 Å². The van der Waals surface area contributed by atoms with Crippen molar-refractivity contribution in [3.05, 3.63) is 23.8 Å². The van der Waals surface area contributed by atoms with Crippen LogP contribution in [0.2, 0.25) is 0 Å². The van der Waals surface area contributed by atoms with E-state index in [-0.39, 0.29) is 6.61 Å². The molecule has 0 bridgehead atoms. The van der Waals surface area contributed by atoms with Crippen LogP contribution in [-0.4, -0.2) is 80.5 Å². The van der Waals surface area contributed by atoms with Crippen molar-refractivity contribution in [2.45, 2.75) is 45.8 Å². The predicted molar refractivity (Wildman–Crippen MR) is 114 cm³/mol. The fraction of sp³-hybridized carbons (Fsp3) is 0.727. The lowest BCUT2D eigenvalue weighted by molar-refractivity contribution is 0.0705. The monoisotopic (exact) mass is 393 g/mol. The fourth-order valence-electron chi connectivity index (χ4n) is 3.61. The minimum absolute atomic E-state index is 0.264. The Bertz CT molecular complexity index is 546. The SMILES string of the molecule is CCN(CC)CC(O)COc1ccc(CNCCN2CCCCC2)cc1OC. The second kappa shape index (κ2) is 13.0. The van der Waals surface area contributed by atoms with E-state index in [1.165, 1.54) is 37.9 Å². The number of aliphatic hydroxyl groups is 1. The summed E-state index contributed by atoms with van der Waals surface area (Å²) in [5, 5.41) is 13.7. The number of nitrogens with one attached hydrogen (secondary N) is 1. The Morgan fingerprint density at radius 3 is 2.57 bits per heavy atom. The van der Waals surface area contributed by atoms with Gasteiger partial charge in [0.05, 0.1) is 7.11 Å². The zero-order chi connectivity index (χ0) is 20.2. The first kappa shape index (κ1) is 22.9. The number of hydrogen-bond acceptors (Lipinski definition) is 6. The molecule has 1 fully saturated rings. The number of rotatable bonds is 13. The van der Waals surface area contributed by atoms with E-state index in [2.05, 4.69) is 35.0 Å². The summed E-state index contributed by atoms with van der Waals surface area (Å²) in [5.74, 6) is 1.39. The van der Waals surface area contributed by atoms with Crippen LogP contribution < -0.4 is 14.8 Å². The lowest BCUT2D eigenvalue weighted by Crippen LogP contribution is -2.35.